The van der Waals surface area contributed by atoms with Crippen molar-refractivity contribution in [3.8, 4) is 0 Å². The lowest BCUT2D eigenvalue weighted by atomic mass is 10.1. The molecule has 2 amide bonds. The fraction of sp³-hybridized carbons (Fsp3) is 0.818. The highest BCUT2D eigenvalue weighted by Crippen LogP contribution is 2.24. The smallest absolute Gasteiger partial charge is 0.230 e. The molecule has 0 spiro atoms. The molecule has 8 heteroatoms. The number of carbonyl (C=O) groups is 2. The topological polar surface area (TPSA) is 92.3 Å². The monoisotopic (exact) mass is 306 g/mol. The van der Waals surface area contributed by atoms with Crippen molar-refractivity contribution >= 4 is 33.4 Å². The molecule has 0 radical (unpaired) electrons. The molecule has 0 saturated carbocycles. The maximum atomic E-state index is 11.7. The molecule has 6 nitrogen and oxygen atoms in total. The zero-order valence-corrected chi connectivity index (χ0v) is 12.2. The number of hydrogen-bond acceptors (Lipinski definition) is 5. The van der Waals surface area contributed by atoms with Gasteiger partial charge < -0.3 is 10.6 Å². The van der Waals surface area contributed by atoms with Gasteiger partial charge in [0.25, 0.3) is 0 Å². The van der Waals surface area contributed by atoms with Crippen molar-refractivity contribution in [2.75, 3.05) is 23.8 Å². The lowest BCUT2D eigenvalue weighted by Crippen LogP contribution is -2.48. The average Bonchev–Trinajstić information content (AvgIpc) is 2.69. The first-order chi connectivity index (χ1) is 8.94. The molecule has 0 aromatic rings. The van der Waals surface area contributed by atoms with E-state index in [2.05, 4.69) is 10.6 Å². The normalized spacial score (nSPS) is 29.8. The second-order valence-electron chi connectivity index (χ2n) is 4.94. The predicted molar refractivity (Wildman–Crippen MR) is 73.7 cm³/mol. The van der Waals surface area contributed by atoms with Crippen LogP contribution in [-0.2, 0) is 19.4 Å². The molecule has 19 heavy (non-hydrogen) atoms. The average molecular weight is 306 g/mol. The van der Waals surface area contributed by atoms with Crippen LogP contribution in [0.25, 0.3) is 0 Å². The highest BCUT2D eigenvalue weighted by atomic mass is 32.2. The van der Waals surface area contributed by atoms with Gasteiger partial charge in [0.2, 0.25) is 11.8 Å². The Balaban J connectivity index is 1.66. The molecule has 2 heterocycles. The van der Waals surface area contributed by atoms with Gasteiger partial charge in [0.1, 0.15) is 0 Å². The lowest BCUT2D eigenvalue weighted by molar-refractivity contribution is -0.124. The number of nitrogens with one attached hydrogen (secondary N) is 2. The van der Waals surface area contributed by atoms with Crippen LogP contribution < -0.4 is 10.6 Å². The molecule has 2 aliphatic rings. The first-order valence-electron chi connectivity index (χ1n) is 6.33. The summed E-state index contributed by atoms with van der Waals surface area (Å²) in [6.45, 7) is 0.479. The van der Waals surface area contributed by atoms with Crippen molar-refractivity contribution in [3.05, 3.63) is 0 Å². The summed E-state index contributed by atoms with van der Waals surface area (Å²) in [5.41, 5.74) is 0. The fourth-order valence-corrected chi connectivity index (χ4v) is 5.67. The van der Waals surface area contributed by atoms with Gasteiger partial charge in [-0.2, -0.15) is 0 Å². The number of thioether (sulfide) groups is 1. The molecule has 0 aromatic heterocycles. The Kier molecular flexibility index (Phi) is 4.72. The van der Waals surface area contributed by atoms with E-state index in [1.165, 1.54) is 11.8 Å². The van der Waals surface area contributed by atoms with Crippen LogP contribution >= 0.6 is 11.8 Å². The van der Waals surface area contributed by atoms with Crippen LogP contribution in [0.15, 0.2) is 0 Å². The van der Waals surface area contributed by atoms with Crippen molar-refractivity contribution < 1.29 is 18.0 Å². The zero-order valence-electron chi connectivity index (χ0n) is 10.6. The Labute approximate surface area is 117 Å². The summed E-state index contributed by atoms with van der Waals surface area (Å²) in [5, 5.41) is 5.61. The fourth-order valence-electron chi connectivity index (χ4n) is 2.21. The quantitative estimate of drug-likeness (QED) is 0.717. The highest BCUT2D eigenvalue weighted by Gasteiger charge is 2.28. The van der Waals surface area contributed by atoms with Crippen LogP contribution in [0.4, 0.5) is 0 Å². The van der Waals surface area contributed by atoms with E-state index in [0.717, 1.165) is 0 Å². The lowest BCUT2D eigenvalue weighted by Gasteiger charge is -2.23. The number of piperidine rings is 1. The summed E-state index contributed by atoms with van der Waals surface area (Å²) in [6.07, 6.45) is 1.75. The van der Waals surface area contributed by atoms with Gasteiger partial charge in [0.15, 0.2) is 9.84 Å². The Morgan fingerprint density at radius 2 is 2.21 bits per heavy atom. The second-order valence-corrected chi connectivity index (χ2v) is 8.46. The van der Waals surface area contributed by atoms with Crippen molar-refractivity contribution in [1.82, 2.24) is 10.6 Å². The Morgan fingerprint density at radius 1 is 1.42 bits per heavy atom. The molecule has 2 rings (SSSR count). The summed E-state index contributed by atoms with van der Waals surface area (Å²) in [5.74, 6) is 0.641. The molecule has 0 aliphatic carbocycles. The number of rotatable bonds is 4. The minimum Gasteiger partial charge on any atom is -0.354 e. The molecule has 108 valence electrons. The van der Waals surface area contributed by atoms with Crippen LogP contribution in [-0.4, -0.2) is 55.3 Å². The summed E-state index contributed by atoms with van der Waals surface area (Å²) in [4.78, 5) is 22.7. The highest BCUT2D eigenvalue weighted by molar-refractivity contribution is 8.02. The number of sulfone groups is 1. The third kappa shape index (κ3) is 4.68. The van der Waals surface area contributed by atoms with Crippen molar-refractivity contribution in [2.24, 2.45) is 0 Å². The second kappa shape index (κ2) is 6.13. The van der Waals surface area contributed by atoms with Crippen LogP contribution in [0.5, 0.6) is 0 Å². The summed E-state index contributed by atoms with van der Waals surface area (Å²) >= 11 is 1.41. The molecule has 2 unspecified atom stereocenters. The van der Waals surface area contributed by atoms with Gasteiger partial charge in [-0.05, 0) is 12.8 Å². The number of amides is 2. The maximum absolute atomic E-state index is 11.7. The van der Waals surface area contributed by atoms with Gasteiger partial charge in [-0.1, -0.05) is 0 Å². The molecular formula is C11H18N2O4S2. The Hall–Kier alpha value is -0.760. The number of hydrogen-bond donors (Lipinski definition) is 2. The molecule has 2 fully saturated rings. The van der Waals surface area contributed by atoms with E-state index in [0.29, 0.717) is 25.8 Å². The molecule has 2 atom stereocenters. The largest absolute Gasteiger partial charge is 0.354 e. The number of carbonyl (C=O) groups excluding carboxylic acids is 2. The van der Waals surface area contributed by atoms with E-state index in [9.17, 15) is 18.0 Å². The minimum atomic E-state index is -2.88. The zero-order chi connectivity index (χ0) is 13.9. The van der Waals surface area contributed by atoms with Gasteiger partial charge in [0.05, 0.1) is 17.3 Å². The van der Waals surface area contributed by atoms with Crippen LogP contribution in [0.3, 0.4) is 0 Å². The molecular weight excluding hydrogens is 288 g/mol. The molecule has 2 N–H and O–H groups in total. The van der Waals surface area contributed by atoms with E-state index < -0.39 is 9.84 Å². The van der Waals surface area contributed by atoms with Crippen LogP contribution in [0, 0.1) is 0 Å². The van der Waals surface area contributed by atoms with Crippen molar-refractivity contribution in [3.63, 3.8) is 0 Å². The summed E-state index contributed by atoms with van der Waals surface area (Å²) < 4.78 is 22.6. The van der Waals surface area contributed by atoms with E-state index >= 15 is 0 Å². The molecule has 2 saturated heterocycles. The third-order valence-electron chi connectivity index (χ3n) is 3.27. The van der Waals surface area contributed by atoms with E-state index in [1.807, 2.05) is 0 Å². The minimum absolute atomic E-state index is 0.00175. The molecule has 0 aromatic carbocycles. The van der Waals surface area contributed by atoms with Crippen LogP contribution in [0.1, 0.15) is 19.3 Å². The van der Waals surface area contributed by atoms with Crippen molar-refractivity contribution in [2.45, 2.75) is 30.6 Å². The van der Waals surface area contributed by atoms with E-state index in [1.54, 1.807) is 0 Å². The molecule has 0 bridgehead atoms. The maximum Gasteiger partial charge on any atom is 0.230 e. The molecule has 2 aliphatic heterocycles. The van der Waals surface area contributed by atoms with E-state index in [-0.39, 0.29) is 40.4 Å². The SMILES string of the molecule is O=C1CCC(NC(=O)CSC2CCS(=O)(=O)C2)CN1. The van der Waals surface area contributed by atoms with E-state index in [4.69, 9.17) is 0 Å². The van der Waals surface area contributed by atoms with Gasteiger partial charge >= 0.3 is 0 Å². The standard InChI is InChI=1S/C11H18N2O4S2/c14-10-2-1-8(5-12-10)13-11(15)6-18-9-3-4-19(16,17)7-9/h8-9H,1-7H2,(H,12,14)(H,13,15). The van der Waals surface area contributed by atoms with Gasteiger partial charge in [-0.25, -0.2) is 8.42 Å². The van der Waals surface area contributed by atoms with Gasteiger partial charge in [-0.3, -0.25) is 9.59 Å². The Morgan fingerprint density at radius 3 is 2.79 bits per heavy atom. The van der Waals surface area contributed by atoms with Gasteiger partial charge in [-0.15, -0.1) is 11.8 Å². The van der Waals surface area contributed by atoms with Crippen molar-refractivity contribution in [1.29, 1.82) is 0 Å². The Bertz CT molecular complexity index is 453. The predicted octanol–water partition coefficient (Wildman–Crippen LogP) is -0.698. The third-order valence-corrected chi connectivity index (χ3v) is 6.55. The first kappa shape index (κ1) is 14.6. The first-order valence-corrected chi connectivity index (χ1v) is 9.20. The summed E-state index contributed by atoms with van der Waals surface area (Å²) in [7, 11) is -2.88. The summed E-state index contributed by atoms with van der Waals surface area (Å²) in [6, 6.07) is -0.00175. The van der Waals surface area contributed by atoms with Crippen LogP contribution in [0.2, 0.25) is 0 Å². The van der Waals surface area contributed by atoms with Gasteiger partial charge in [0, 0.05) is 24.3 Å².